The average molecular weight is 347 g/mol. The van der Waals surface area contributed by atoms with Crippen LogP contribution in [0.15, 0.2) is 23.6 Å². The van der Waals surface area contributed by atoms with Crippen molar-refractivity contribution in [3.8, 4) is 0 Å². The first-order chi connectivity index (χ1) is 11.5. The molecular formula is C16H17N3O4S. The fraction of sp³-hybridized carbons (Fsp3) is 0.375. The van der Waals surface area contributed by atoms with Gasteiger partial charge in [0.2, 0.25) is 0 Å². The summed E-state index contributed by atoms with van der Waals surface area (Å²) < 4.78 is 5.20. The zero-order valence-corrected chi connectivity index (χ0v) is 14.0. The van der Waals surface area contributed by atoms with Gasteiger partial charge >= 0.3 is 5.97 Å². The summed E-state index contributed by atoms with van der Waals surface area (Å²) in [6, 6.07) is 4.50. The molecule has 0 N–H and O–H groups in total. The molecule has 2 aromatic rings. The predicted molar refractivity (Wildman–Crippen MR) is 90.5 cm³/mol. The van der Waals surface area contributed by atoms with E-state index in [4.69, 9.17) is 4.74 Å². The van der Waals surface area contributed by atoms with Crippen LogP contribution < -0.4 is 4.90 Å². The van der Waals surface area contributed by atoms with Crippen molar-refractivity contribution in [2.45, 2.75) is 26.4 Å². The van der Waals surface area contributed by atoms with Crippen molar-refractivity contribution in [2.24, 2.45) is 0 Å². The number of esters is 1. The van der Waals surface area contributed by atoms with E-state index in [-0.39, 0.29) is 17.9 Å². The maximum absolute atomic E-state index is 12.1. The normalized spacial score (nSPS) is 14.0. The van der Waals surface area contributed by atoms with E-state index in [9.17, 15) is 14.9 Å². The molecule has 0 unspecified atom stereocenters. The molecule has 1 aromatic carbocycles. The molecule has 0 radical (unpaired) electrons. The lowest BCUT2D eigenvalue weighted by Gasteiger charge is -2.17. The molecule has 0 spiro atoms. The lowest BCUT2D eigenvalue weighted by molar-refractivity contribution is -0.384. The molecule has 1 aliphatic heterocycles. The maximum atomic E-state index is 12.1. The highest BCUT2D eigenvalue weighted by Gasteiger charge is 2.24. The summed E-state index contributed by atoms with van der Waals surface area (Å²) in [4.78, 5) is 29.2. The van der Waals surface area contributed by atoms with Gasteiger partial charge in [-0.3, -0.25) is 10.1 Å². The molecule has 0 aliphatic carbocycles. The molecule has 3 rings (SSSR count). The van der Waals surface area contributed by atoms with Crippen LogP contribution in [0, 0.1) is 17.0 Å². The molecular weight excluding hydrogens is 330 g/mol. The fourth-order valence-electron chi connectivity index (χ4n) is 2.72. The van der Waals surface area contributed by atoms with Crippen molar-refractivity contribution >= 4 is 28.7 Å². The van der Waals surface area contributed by atoms with E-state index >= 15 is 0 Å². The summed E-state index contributed by atoms with van der Waals surface area (Å²) in [5.74, 6) is -0.586. The van der Waals surface area contributed by atoms with Crippen LogP contribution in [-0.2, 0) is 11.3 Å². The van der Waals surface area contributed by atoms with E-state index in [1.165, 1.54) is 17.4 Å². The van der Waals surface area contributed by atoms with Gasteiger partial charge in [0.25, 0.3) is 5.69 Å². The van der Waals surface area contributed by atoms with E-state index in [1.807, 2.05) is 17.2 Å². The highest BCUT2D eigenvalue weighted by atomic mass is 32.1. The van der Waals surface area contributed by atoms with Crippen LogP contribution in [0.2, 0.25) is 0 Å². The Balaban J connectivity index is 1.76. The smallest absolute Gasteiger partial charge is 0.338 e. The van der Waals surface area contributed by atoms with Crippen LogP contribution in [0.5, 0.6) is 0 Å². The predicted octanol–water partition coefficient (Wildman–Crippen LogP) is 3.32. The van der Waals surface area contributed by atoms with Gasteiger partial charge in [-0.1, -0.05) is 0 Å². The molecule has 0 amide bonds. The number of ether oxygens (including phenoxy) is 1. The third-order valence-electron chi connectivity index (χ3n) is 3.87. The second-order valence-electron chi connectivity index (χ2n) is 5.59. The Morgan fingerprint density at radius 2 is 2.17 bits per heavy atom. The fourth-order valence-corrected chi connectivity index (χ4v) is 3.32. The second kappa shape index (κ2) is 6.96. The van der Waals surface area contributed by atoms with Gasteiger partial charge in [0.05, 0.1) is 21.2 Å². The van der Waals surface area contributed by atoms with Crippen LogP contribution in [-0.4, -0.2) is 29.0 Å². The number of aromatic nitrogens is 1. The molecule has 0 saturated carbocycles. The Morgan fingerprint density at radius 3 is 2.79 bits per heavy atom. The third-order valence-corrected chi connectivity index (χ3v) is 4.69. The summed E-state index contributed by atoms with van der Waals surface area (Å²) in [5, 5.41) is 14.1. The number of carbonyl (C=O) groups excluding carboxylic acids is 1. The number of nitro benzene ring substituents is 1. The Kier molecular flexibility index (Phi) is 4.75. The first-order valence-electron chi connectivity index (χ1n) is 7.66. The van der Waals surface area contributed by atoms with Crippen molar-refractivity contribution in [3.63, 3.8) is 0 Å². The summed E-state index contributed by atoms with van der Waals surface area (Å²) >= 11 is 1.48. The number of carbonyl (C=O) groups is 1. The van der Waals surface area contributed by atoms with Gasteiger partial charge < -0.3 is 9.64 Å². The molecule has 0 atom stereocenters. The van der Waals surface area contributed by atoms with Gasteiger partial charge in [-0.2, -0.15) is 0 Å². The van der Waals surface area contributed by atoms with E-state index in [0.717, 1.165) is 30.9 Å². The Bertz CT molecular complexity index is 768. The van der Waals surface area contributed by atoms with Crippen molar-refractivity contribution < 1.29 is 14.5 Å². The van der Waals surface area contributed by atoms with Crippen LogP contribution in [0.25, 0.3) is 0 Å². The lowest BCUT2D eigenvalue weighted by atomic mass is 10.1. The van der Waals surface area contributed by atoms with Gasteiger partial charge in [-0.15, -0.1) is 11.3 Å². The standard InChI is InChI=1S/C16H17N3O4S/c1-11-17-13(10-24-11)9-23-16(20)12-4-5-14(15(8-12)19(21)22)18-6-2-3-7-18/h4-5,8,10H,2-3,6-7,9H2,1H3. The molecule has 1 saturated heterocycles. The number of thiazole rings is 1. The monoisotopic (exact) mass is 347 g/mol. The topological polar surface area (TPSA) is 85.6 Å². The first kappa shape index (κ1) is 16.4. The van der Waals surface area contributed by atoms with Crippen molar-refractivity contribution in [1.29, 1.82) is 0 Å². The van der Waals surface area contributed by atoms with Gasteiger partial charge in [0.1, 0.15) is 12.3 Å². The highest BCUT2D eigenvalue weighted by Crippen LogP contribution is 2.31. The van der Waals surface area contributed by atoms with Crippen molar-refractivity contribution in [3.05, 3.63) is 50.0 Å². The van der Waals surface area contributed by atoms with Crippen molar-refractivity contribution in [1.82, 2.24) is 4.98 Å². The van der Waals surface area contributed by atoms with Gasteiger partial charge in [-0.25, -0.2) is 9.78 Å². The number of anilines is 1. The molecule has 1 fully saturated rings. The number of nitro groups is 1. The Labute approximate surface area is 143 Å². The zero-order valence-electron chi connectivity index (χ0n) is 13.2. The molecule has 1 aliphatic rings. The first-order valence-corrected chi connectivity index (χ1v) is 8.54. The van der Waals surface area contributed by atoms with E-state index < -0.39 is 10.9 Å². The molecule has 0 bridgehead atoms. The summed E-state index contributed by atoms with van der Waals surface area (Å²) in [6.45, 7) is 3.53. The third kappa shape index (κ3) is 3.53. The summed E-state index contributed by atoms with van der Waals surface area (Å²) in [7, 11) is 0. The van der Waals surface area contributed by atoms with Gasteiger partial charge in [0.15, 0.2) is 0 Å². The molecule has 2 heterocycles. The number of nitrogens with zero attached hydrogens (tertiary/aromatic N) is 3. The van der Waals surface area contributed by atoms with E-state index in [2.05, 4.69) is 4.98 Å². The van der Waals surface area contributed by atoms with Crippen LogP contribution in [0.3, 0.4) is 0 Å². The zero-order chi connectivity index (χ0) is 17.1. The van der Waals surface area contributed by atoms with Crippen LogP contribution in [0.1, 0.15) is 33.9 Å². The highest BCUT2D eigenvalue weighted by molar-refractivity contribution is 7.09. The van der Waals surface area contributed by atoms with E-state index in [1.54, 1.807) is 12.1 Å². The number of aryl methyl sites for hydroxylation is 1. The quantitative estimate of drug-likeness (QED) is 0.468. The minimum atomic E-state index is -0.586. The molecule has 126 valence electrons. The SMILES string of the molecule is Cc1nc(COC(=O)c2ccc(N3CCCC3)c([N+](=O)[O-])c2)cs1. The van der Waals surface area contributed by atoms with E-state index in [0.29, 0.717) is 11.4 Å². The molecule has 8 heteroatoms. The Morgan fingerprint density at radius 1 is 1.42 bits per heavy atom. The van der Waals surface area contributed by atoms with Crippen LogP contribution in [0.4, 0.5) is 11.4 Å². The number of hydrogen-bond acceptors (Lipinski definition) is 7. The largest absolute Gasteiger partial charge is 0.456 e. The number of hydrogen-bond donors (Lipinski definition) is 0. The number of benzene rings is 1. The molecule has 7 nitrogen and oxygen atoms in total. The average Bonchev–Trinajstić information content (AvgIpc) is 3.23. The summed E-state index contributed by atoms with van der Waals surface area (Å²) in [6.07, 6.45) is 2.04. The second-order valence-corrected chi connectivity index (χ2v) is 6.65. The number of rotatable bonds is 5. The minimum Gasteiger partial charge on any atom is -0.456 e. The lowest BCUT2D eigenvalue weighted by Crippen LogP contribution is -2.19. The minimum absolute atomic E-state index is 0.0594. The molecule has 1 aromatic heterocycles. The van der Waals surface area contributed by atoms with Gasteiger partial charge in [-0.05, 0) is 31.9 Å². The summed E-state index contributed by atoms with van der Waals surface area (Å²) in [5.41, 5.74) is 1.35. The van der Waals surface area contributed by atoms with Crippen LogP contribution >= 0.6 is 11.3 Å². The molecule has 24 heavy (non-hydrogen) atoms. The maximum Gasteiger partial charge on any atom is 0.338 e. The Hall–Kier alpha value is -2.48. The van der Waals surface area contributed by atoms with Crippen molar-refractivity contribution in [2.75, 3.05) is 18.0 Å². The van der Waals surface area contributed by atoms with Gasteiger partial charge in [0, 0.05) is 24.5 Å².